The van der Waals surface area contributed by atoms with Gasteiger partial charge in [0.2, 0.25) is 17.7 Å². The van der Waals surface area contributed by atoms with Crippen molar-refractivity contribution in [3.05, 3.63) is 64.4 Å². The molecule has 10 fully saturated rings. The Bertz CT molecular complexity index is 2250. The summed E-state index contributed by atoms with van der Waals surface area (Å²) in [4.78, 5) is 53.8. The van der Waals surface area contributed by atoms with Crippen molar-refractivity contribution in [1.82, 2.24) is 31.1 Å². The van der Waals surface area contributed by atoms with E-state index in [0.29, 0.717) is 28.5 Å². The molecule has 4 N–H and O–H groups in total. The fourth-order valence-corrected chi connectivity index (χ4v) is 14.7. The maximum atomic E-state index is 13.8. The van der Waals surface area contributed by atoms with Crippen LogP contribution in [0.15, 0.2) is 53.9 Å². The summed E-state index contributed by atoms with van der Waals surface area (Å²) >= 11 is 1.42. The van der Waals surface area contributed by atoms with Gasteiger partial charge in [-0.1, -0.05) is 36.4 Å². The van der Waals surface area contributed by atoms with Crippen molar-refractivity contribution in [2.75, 3.05) is 26.2 Å². The monoisotopic (exact) mass is 916 g/mol. The molecule has 0 radical (unpaired) electrons. The minimum Gasteiger partial charge on any atom is -0.347 e. The number of rotatable bonds is 11. The number of likely N-dealkylation sites (tertiary alicyclic amines) is 2. The summed E-state index contributed by atoms with van der Waals surface area (Å²) in [7, 11) is 0. The second-order valence-electron chi connectivity index (χ2n) is 20.9. The van der Waals surface area contributed by atoms with E-state index in [1.165, 1.54) is 11.3 Å². The van der Waals surface area contributed by atoms with Gasteiger partial charge < -0.3 is 31.1 Å². The molecule has 12 rings (SSSR count). The van der Waals surface area contributed by atoms with Gasteiger partial charge in [-0.25, -0.2) is 17.6 Å². The van der Waals surface area contributed by atoms with Crippen LogP contribution in [0.3, 0.4) is 0 Å². The van der Waals surface area contributed by atoms with Gasteiger partial charge >= 0.3 is 0 Å². The van der Waals surface area contributed by atoms with Crippen LogP contribution in [-0.4, -0.2) is 106 Å². The molecule has 17 heteroatoms. The smallest absolute Gasteiger partial charge is 0.268 e. The van der Waals surface area contributed by atoms with Crippen LogP contribution >= 0.6 is 11.3 Å². The first-order valence-electron chi connectivity index (χ1n) is 22.9. The van der Waals surface area contributed by atoms with Gasteiger partial charge in [-0.05, 0) is 124 Å². The second-order valence-corrected chi connectivity index (χ2v) is 21.8. The normalized spacial score (nSPS) is 36.5. The number of halogens is 4. The number of nitrogens with one attached hydrogen (secondary N) is 4. The Balaban J connectivity index is 0.000000165. The zero-order valence-electron chi connectivity index (χ0n) is 36.3. The van der Waals surface area contributed by atoms with Gasteiger partial charge in [-0.3, -0.25) is 19.2 Å². The molecule has 346 valence electrons. The van der Waals surface area contributed by atoms with Crippen LogP contribution in [0.1, 0.15) is 105 Å². The van der Waals surface area contributed by atoms with Crippen LogP contribution in [0.5, 0.6) is 0 Å². The Labute approximate surface area is 380 Å². The van der Waals surface area contributed by atoms with E-state index >= 15 is 0 Å². The van der Waals surface area contributed by atoms with E-state index in [0.717, 1.165) is 92.4 Å². The number of amides is 4. The molecule has 1 aromatic heterocycles. The summed E-state index contributed by atoms with van der Waals surface area (Å²) in [5, 5.41) is 33.7. The molecule has 2 aliphatic heterocycles. The topological polar surface area (TPSA) is 170 Å². The Morgan fingerprint density at radius 2 is 1.11 bits per heavy atom. The second kappa shape index (κ2) is 17.1. The van der Waals surface area contributed by atoms with E-state index < -0.39 is 61.7 Å². The molecule has 12 nitrogen and oxygen atoms in total. The summed E-state index contributed by atoms with van der Waals surface area (Å²) in [6.07, 6.45) is 13.4. The minimum absolute atomic E-state index is 0.0423. The van der Waals surface area contributed by atoms with E-state index in [2.05, 4.69) is 21.3 Å². The number of thiophene rings is 1. The third-order valence-corrected chi connectivity index (χ3v) is 16.4. The average Bonchev–Trinajstić information content (AvgIpc) is 3.98. The van der Waals surface area contributed by atoms with E-state index in [-0.39, 0.29) is 47.1 Å². The number of hydrogen-bond acceptors (Lipinski definition) is 9. The van der Waals surface area contributed by atoms with Crippen LogP contribution < -0.4 is 21.3 Å². The number of carbonyl (C=O) groups excluding carboxylic acids is 4. The molecule has 8 aliphatic carbocycles. The van der Waals surface area contributed by atoms with Gasteiger partial charge in [0.25, 0.3) is 17.8 Å². The highest BCUT2D eigenvalue weighted by molar-refractivity contribution is 7.12. The van der Waals surface area contributed by atoms with Crippen molar-refractivity contribution in [3.63, 3.8) is 0 Å². The number of hydrogen-bond donors (Lipinski definition) is 4. The lowest BCUT2D eigenvalue weighted by Gasteiger charge is -2.62. The number of nitriles is 2. The molecule has 8 bridgehead atoms. The fraction of sp³-hybridized carbons (Fsp3) is 0.625. The molecule has 2 saturated heterocycles. The third kappa shape index (κ3) is 9.70. The molecule has 2 aromatic rings. The molecule has 8 saturated carbocycles. The maximum Gasteiger partial charge on any atom is 0.268 e. The summed E-state index contributed by atoms with van der Waals surface area (Å²) in [6, 6.07) is 14.9. The lowest BCUT2D eigenvalue weighted by Crippen LogP contribution is -2.69. The van der Waals surface area contributed by atoms with Gasteiger partial charge in [-0.15, -0.1) is 11.3 Å². The van der Waals surface area contributed by atoms with Gasteiger partial charge in [0.15, 0.2) is 0 Å². The highest BCUT2D eigenvalue weighted by Gasteiger charge is 2.60. The van der Waals surface area contributed by atoms with E-state index in [4.69, 9.17) is 0 Å². The van der Waals surface area contributed by atoms with Crippen LogP contribution in [0.4, 0.5) is 17.6 Å². The largest absolute Gasteiger partial charge is 0.347 e. The lowest BCUT2D eigenvalue weighted by atomic mass is 9.50. The SMILES string of the molecule is N#C[C@@H]1CC(F)(F)CN1C(=O)CNC12CC3CC(C1)CC(NC(=O)/C=C/c1ccccc1)(C3)C2.N#C[C@@H]1CC(F)(F)CN1C(=O)CNC12CC3CC(C1)CC(NC(=O)c1cccs1)(C3)C2. The van der Waals surface area contributed by atoms with Crippen LogP contribution in [0, 0.1) is 46.3 Å². The number of benzene rings is 1. The van der Waals surface area contributed by atoms with Crippen molar-refractivity contribution in [3.8, 4) is 12.1 Å². The van der Waals surface area contributed by atoms with Crippen LogP contribution in [-0.2, 0) is 14.4 Å². The van der Waals surface area contributed by atoms with Crippen molar-refractivity contribution in [2.45, 2.75) is 136 Å². The Hall–Kier alpha value is -4.84. The van der Waals surface area contributed by atoms with E-state index in [9.17, 15) is 47.3 Å². The van der Waals surface area contributed by atoms with Crippen molar-refractivity contribution >= 4 is 41.0 Å². The van der Waals surface area contributed by atoms with Crippen LogP contribution in [0.25, 0.3) is 6.08 Å². The molecule has 6 atom stereocenters. The molecule has 3 heterocycles. The third-order valence-electron chi connectivity index (χ3n) is 15.6. The zero-order valence-corrected chi connectivity index (χ0v) is 37.1. The van der Waals surface area contributed by atoms with Gasteiger partial charge in [0, 0.05) is 41.1 Å². The highest BCUT2D eigenvalue weighted by Crippen LogP contribution is 2.59. The van der Waals surface area contributed by atoms with Gasteiger partial charge in [0.05, 0.1) is 43.2 Å². The quantitative estimate of drug-likeness (QED) is 0.153. The first-order chi connectivity index (χ1) is 30.9. The van der Waals surface area contributed by atoms with E-state index in [1.807, 2.05) is 60.0 Å². The number of nitrogens with zero attached hydrogens (tertiary/aromatic N) is 4. The summed E-state index contributed by atoms with van der Waals surface area (Å²) in [5.74, 6) is -5.20. The molecular formula is C48H56F4N8O4S. The predicted octanol–water partition coefficient (Wildman–Crippen LogP) is 6.18. The Morgan fingerprint density at radius 3 is 1.55 bits per heavy atom. The van der Waals surface area contributed by atoms with Gasteiger partial charge in [0.1, 0.15) is 12.1 Å². The molecule has 0 spiro atoms. The van der Waals surface area contributed by atoms with Crippen molar-refractivity contribution < 1.29 is 36.7 Å². The molecular weight excluding hydrogens is 861 g/mol. The number of alkyl halides is 4. The number of carbonyl (C=O) groups is 4. The fourth-order valence-electron chi connectivity index (χ4n) is 14.1. The average molecular weight is 917 g/mol. The maximum absolute atomic E-state index is 13.8. The highest BCUT2D eigenvalue weighted by atomic mass is 32.1. The standard InChI is InChI=1S/C26H30F2N4O2.C22H26F2N4O2S/c27-26(28)13-21(14-29)32(17-26)23(34)15-30-24-9-19-8-20(10-24)12-25(11-19,16-24)31-22(33)7-6-18-4-2-1-3-5-18;23-22(24)9-16(10-25)28(13-22)18(29)11-26-20-5-14-4-15(6-20)8-21(7-14,12-20)27-19(30)17-2-1-3-31-17/h1-7,19-21,30H,8-13,15-17H2,(H,31,33);1-3,14-16,26H,4-9,11-13H2,(H,27,30)/b7-6+;/t19?,20?,21-,24?,25?;14?,15?,16-,20?,21?/m00/s1. The van der Waals surface area contributed by atoms with Crippen LogP contribution in [0.2, 0.25) is 0 Å². The van der Waals surface area contributed by atoms with Crippen molar-refractivity contribution in [2.24, 2.45) is 23.7 Å². The Morgan fingerprint density at radius 1 is 0.646 bits per heavy atom. The first-order valence-corrected chi connectivity index (χ1v) is 23.8. The summed E-state index contributed by atoms with van der Waals surface area (Å²) < 4.78 is 55.0. The first kappa shape index (κ1) is 45.3. The molecule has 10 aliphatic rings. The van der Waals surface area contributed by atoms with E-state index in [1.54, 1.807) is 12.2 Å². The molecule has 4 amide bonds. The minimum atomic E-state index is -3.02. The summed E-state index contributed by atoms with van der Waals surface area (Å²) in [5.41, 5.74) is -0.193. The Kier molecular flexibility index (Phi) is 11.9. The van der Waals surface area contributed by atoms with Gasteiger partial charge in [-0.2, -0.15) is 10.5 Å². The molecule has 1 aromatic carbocycles. The molecule has 4 unspecified atom stereocenters. The molecule has 65 heavy (non-hydrogen) atoms. The predicted molar refractivity (Wildman–Crippen MR) is 233 cm³/mol. The van der Waals surface area contributed by atoms with Crippen molar-refractivity contribution in [1.29, 1.82) is 10.5 Å². The zero-order chi connectivity index (χ0) is 45.8. The summed E-state index contributed by atoms with van der Waals surface area (Å²) in [6.45, 7) is -1.50. The lowest BCUT2D eigenvalue weighted by molar-refractivity contribution is -0.134.